The van der Waals surface area contributed by atoms with Gasteiger partial charge in [-0.2, -0.15) is 4.57 Å². The van der Waals surface area contributed by atoms with E-state index in [0.717, 1.165) is 5.75 Å². The van der Waals surface area contributed by atoms with Crippen LogP contribution in [-0.2, 0) is 0 Å². The average molecular weight is 301 g/mol. The Bertz CT molecular complexity index is 609. The Morgan fingerprint density at radius 2 is 1.70 bits per heavy atom. The highest BCUT2D eigenvalue weighted by molar-refractivity contribution is 8.24. The minimum atomic E-state index is -0.0484. The Kier molecular flexibility index (Phi) is 5.32. The number of thioether (sulfide) groups is 1. The summed E-state index contributed by atoms with van der Waals surface area (Å²) in [6.45, 7) is 2.03. The van der Waals surface area contributed by atoms with Crippen LogP contribution >= 0.6 is 24.0 Å². The standard InChI is InChI=1S/C16H15NOS2/c1-2-20-16(19)14(17-11-7-4-8-12-17)15(18)13-9-5-3-6-10-13/h3-12H,2H2,1H3. The molecule has 0 spiro atoms. The molecule has 0 N–H and O–H groups in total. The first-order valence-corrected chi connectivity index (χ1v) is 7.74. The van der Waals surface area contributed by atoms with Crippen molar-refractivity contribution in [2.45, 2.75) is 6.92 Å². The van der Waals surface area contributed by atoms with Crippen LogP contribution in [0.2, 0.25) is 0 Å². The summed E-state index contributed by atoms with van der Waals surface area (Å²) in [5.41, 5.74) is 1.19. The van der Waals surface area contributed by atoms with E-state index in [2.05, 4.69) is 0 Å². The molecule has 2 aromatic rings. The predicted octanol–water partition coefficient (Wildman–Crippen LogP) is 2.74. The van der Waals surface area contributed by atoms with Crippen LogP contribution in [0.1, 0.15) is 12.5 Å². The summed E-state index contributed by atoms with van der Waals surface area (Å²) in [4.78, 5) is 0. The van der Waals surface area contributed by atoms with E-state index in [0.29, 0.717) is 15.5 Å². The van der Waals surface area contributed by atoms with E-state index in [4.69, 9.17) is 12.2 Å². The fourth-order valence-electron chi connectivity index (χ4n) is 1.79. The second kappa shape index (κ2) is 7.22. The zero-order valence-electron chi connectivity index (χ0n) is 11.2. The van der Waals surface area contributed by atoms with Crippen molar-refractivity contribution >= 4 is 39.6 Å². The molecule has 0 unspecified atom stereocenters. The number of nitrogens with zero attached hydrogens (tertiary/aromatic N) is 1. The minimum absolute atomic E-state index is 0.0484. The first-order chi connectivity index (χ1) is 9.74. The van der Waals surface area contributed by atoms with Gasteiger partial charge >= 0.3 is 0 Å². The van der Waals surface area contributed by atoms with E-state index in [1.165, 1.54) is 11.8 Å². The molecule has 1 aromatic carbocycles. The maximum Gasteiger partial charge on any atom is 0.228 e. The molecule has 0 aliphatic rings. The molecule has 0 amide bonds. The van der Waals surface area contributed by atoms with Gasteiger partial charge in [0.15, 0.2) is 12.4 Å². The van der Waals surface area contributed by atoms with Crippen molar-refractivity contribution in [3.8, 4) is 0 Å². The molecule has 0 aliphatic carbocycles. The molecule has 0 atom stereocenters. The van der Waals surface area contributed by atoms with Gasteiger partial charge in [0.05, 0.1) is 0 Å². The molecule has 0 radical (unpaired) electrons. The summed E-state index contributed by atoms with van der Waals surface area (Å²) in [5, 5.41) is 12.7. The smallest absolute Gasteiger partial charge is 0.228 e. The Hall–Kier alpha value is -1.65. The van der Waals surface area contributed by atoms with E-state index < -0.39 is 0 Å². The van der Waals surface area contributed by atoms with Gasteiger partial charge in [-0.1, -0.05) is 55.5 Å². The van der Waals surface area contributed by atoms with Crippen molar-refractivity contribution in [1.29, 1.82) is 0 Å². The first-order valence-electron chi connectivity index (χ1n) is 6.34. The normalized spacial score (nSPS) is 11.8. The number of hydrogen-bond acceptors (Lipinski definition) is 3. The molecular formula is C16H15NOS2. The van der Waals surface area contributed by atoms with Crippen molar-refractivity contribution in [3.05, 3.63) is 66.5 Å². The molecule has 2 nitrogen and oxygen atoms in total. The van der Waals surface area contributed by atoms with Crippen LogP contribution in [0.25, 0.3) is 11.5 Å². The Labute approximate surface area is 128 Å². The monoisotopic (exact) mass is 301 g/mol. The fraction of sp³-hybridized carbons (Fsp3) is 0.125. The highest BCUT2D eigenvalue weighted by Crippen LogP contribution is 2.20. The van der Waals surface area contributed by atoms with E-state index in [-0.39, 0.29) is 5.76 Å². The van der Waals surface area contributed by atoms with Crippen LogP contribution < -0.4 is 9.67 Å². The Morgan fingerprint density at radius 1 is 1.10 bits per heavy atom. The molecular weight excluding hydrogens is 286 g/mol. The second-order valence-corrected chi connectivity index (χ2v) is 5.99. The predicted molar refractivity (Wildman–Crippen MR) is 86.9 cm³/mol. The summed E-state index contributed by atoms with van der Waals surface area (Å²) >= 11 is 6.93. The third-order valence-electron chi connectivity index (χ3n) is 2.69. The Morgan fingerprint density at radius 3 is 2.30 bits per heavy atom. The molecule has 1 aromatic heterocycles. The van der Waals surface area contributed by atoms with E-state index in [1.807, 2.05) is 67.8 Å². The van der Waals surface area contributed by atoms with Crippen LogP contribution in [-0.4, -0.2) is 9.95 Å². The summed E-state index contributed by atoms with van der Waals surface area (Å²) in [6.07, 6.45) is 3.69. The Balaban J connectivity index is 2.54. The molecule has 4 heteroatoms. The molecule has 20 heavy (non-hydrogen) atoms. The summed E-state index contributed by atoms with van der Waals surface area (Å²) in [7, 11) is 0. The van der Waals surface area contributed by atoms with Crippen molar-refractivity contribution in [2.75, 3.05) is 5.75 Å². The van der Waals surface area contributed by atoms with Gasteiger partial charge in [0.1, 0.15) is 4.20 Å². The molecule has 2 rings (SSSR count). The van der Waals surface area contributed by atoms with Gasteiger partial charge in [-0.25, -0.2) is 0 Å². The van der Waals surface area contributed by atoms with Crippen molar-refractivity contribution in [3.63, 3.8) is 0 Å². The van der Waals surface area contributed by atoms with Gasteiger partial charge in [-0.05, 0) is 17.1 Å². The van der Waals surface area contributed by atoms with E-state index in [9.17, 15) is 5.11 Å². The fourth-order valence-corrected chi connectivity index (χ4v) is 2.94. The molecule has 0 saturated carbocycles. The first kappa shape index (κ1) is 14.8. The minimum Gasteiger partial charge on any atom is -0.868 e. The van der Waals surface area contributed by atoms with Crippen molar-refractivity contribution < 1.29 is 9.67 Å². The average Bonchev–Trinajstić information content (AvgIpc) is 2.50. The number of benzene rings is 1. The lowest BCUT2D eigenvalue weighted by Gasteiger charge is -2.15. The third kappa shape index (κ3) is 3.46. The number of thiocarbonyl (C=S) groups is 1. The zero-order valence-corrected chi connectivity index (χ0v) is 12.8. The van der Waals surface area contributed by atoms with Crippen molar-refractivity contribution in [1.82, 2.24) is 0 Å². The molecule has 102 valence electrons. The highest BCUT2D eigenvalue weighted by atomic mass is 32.2. The molecule has 0 bridgehead atoms. The molecule has 1 heterocycles. The lowest BCUT2D eigenvalue weighted by Crippen LogP contribution is -2.36. The number of rotatable bonds is 4. The van der Waals surface area contributed by atoms with E-state index >= 15 is 0 Å². The van der Waals surface area contributed by atoms with Crippen LogP contribution in [0.4, 0.5) is 0 Å². The summed E-state index contributed by atoms with van der Waals surface area (Å²) < 4.78 is 2.41. The van der Waals surface area contributed by atoms with Gasteiger partial charge in [0.2, 0.25) is 5.70 Å². The zero-order chi connectivity index (χ0) is 14.4. The van der Waals surface area contributed by atoms with Crippen LogP contribution in [0.15, 0.2) is 60.9 Å². The quantitative estimate of drug-likeness (QED) is 0.376. The number of hydrogen-bond donors (Lipinski definition) is 0. The topological polar surface area (TPSA) is 26.9 Å². The van der Waals surface area contributed by atoms with E-state index in [1.54, 1.807) is 4.57 Å². The van der Waals surface area contributed by atoms with Gasteiger partial charge < -0.3 is 5.11 Å². The summed E-state index contributed by atoms with van der Waals surface area (Å²) in [6, 6.07) is 14.9. The lowest BCUT2D eigenvalue weighted by atomic mass is 10.1. The maximum absolute atomic E-state index is 12.7. The molecule has 0 aliphatic heterocycles. The lowest BCUT2D eigenvalue weighted by molar-refractivity contribution is -0.577. The number of aromatic nitrogens is 1. The van der Waals surface area contributed by atoms with Gasteiger partial charge in [0.25, 0.3) is 0 Å². The largest absolute Gasteiger partial charge is 0.868 e. The molecule has 0 saturated heterocycles. The van der Waals surface area contributed by atoms with Crippen molar-refractivity contribution in [2.24, 2.45) is 0 Å². The van der Waals surface area contributed by atoms with Crippen LogP contribution in [0, 0.1) is 0 Å². The summed E-state index contributed by atoms with van der Waals surface area (Å²) in [5.74, 6) is 0.797. The van der Waals surface area contributed by atoms with Gasteiger partial charge in [0, 0.05) is 12.1 Å². The van der Waals surface area contributed by atoms with Gasteiger partial charge in [-0.15, -0.1) is 11.8 Å². The second-order valence-electron chi connectivity index (χ2n) is 4.05. The third-order valence-corrected chi connectivity index (χ3v) is 3.98. The number of pyridine rings is 1. The van der Waals surface area contributed by atoms with Crippen LogP contribution in [0.5, 0.6) is 0 Å². The SMILES string of the molecule is CCSC(=S)/C(=C(\[O-])c1ccccc1)[n+]1ccccc1. The molecule has 0 fully saturated rings. The van der Waals surface area contributed by atoms with Gasteiger partial charge in [-0.3, -0.25) is 0 Å². The maximum atomic E-state index is 12.7. The highest BCUT2D eigenvalue weighted by Gasteiger charge is 2.17. The van der Waals surface area contributed by atoms with Crippen LogP contribution in [0.3, 0.4) is 0 Å².